The van der Waals surface area contributed by atoms with Crippen LogP contribution in [0.25, 0.3) is 0 Å². The lowest BCUT2D eigenvalue weighted by Crippen LogP contribution is -1.95. The molecule has 0 bridgehead atoms. The molecule has 0 radical (unpaired) electrons. The molecular weight excluding hydrogens is 94.1 g/mol. The van der Waals surface area contributed by atoms with E-state index >= 15 is 0 Å². The molecule has 0 saturated carbocycles. The second-order valence-electron chi connectivity index (χ2n) is 0.921. The van der Waals surface area contributed by atoms with Crippen molar-refractivity contribution in [3.05, 3.63) is 12.7 Å². The molecule has 4 heteroatoms. The van der Waals surface area contributed by atoms with Crippen LogP contribution in [0.1, 0.15) is 0 Å². The van der Waals surface area contributed by atoms with Crippen LogP contribution >= 0.6 is 0 Å². The van der Waals surface area contributed by atoms with Gasteiger partial charge >= 0.3 is 0 Å². The maximum absolute atomic E-state index is 10.0. The van der Waals surface area contributed by atoms with Gasteiger partial charge in [0.25, 0.3) is 0 Å². The highest BCUT2D eigenvalue weighted by molar-refractivity contribution is 4.78. The van der Waals surface area contributed by atoms with Gasteiger partial charge in [-0.15, -0.1) is 0 Å². The van der Waals surface area contributed by atoms with Crippen molar-refractivity contribution in [1.82, 2.24) is 15.0 Å². The second-order valence-corrected chi connectivity index (χ2v) is 0.921. The first-order valence-corrected chi connectivity index (χ1v) is 1.68. The summed E-state index contributed by atoms with van der Waals surface area (Å²) in [6.07, 6.45) is 2.32. The molecule has 0 spiro atoms. The summed E-state index contributed by atoms with van der Waals surface area (Å²) in [5, 5.41) is 10.0. The van der Waals surface area contributed by atoms with Crippen LogP contribution in [0.4, 0.5) is 0 Å². The average molecular weight is 96.1 g/mol. The molecule has 7 heavy (non-hydrogen) atoms. The molecule has 4 nitrogen and oxygen atoms in total. The number of hydrogen-bond acceptors (Lipinski definition) is 4. The van der Waals surface area contributed by atoms with Crippen molar-refractivity contribution >= 4 is 0 Å². The number of aromatic nitrogens is 3. The van der Waals surface area contributed by atoms with Gasteiger partial charge in [0.2, 0.25) is 0 Å². The van der Waals surface area contributed by atoms with Gasteiger partial charge in [0, 0.05) is 0 Å². The molecule has 36 valence electrons. The molecule has 0 atom stereocenters. The van der Waals surface area contributed by atoms with Crippen LogP contribution < -0.4 is 5.11 Å². The lowest BCUT2D eigenvalue weighted by molar-refractivity contribution is -0.282. The van der Waals surface area contributed by atoms with Crippen molar-refractivity contribution in [3.63, 3.8) is 0 Å². The fourth-order valence-electron chi connectivity index (χ4n) is 0.229. The first kappa shape index (κ1) is 3.98. The molecule has 1 aromatic rings. The van der Waals surface area contributed by atoms with Crippen molar-refractivity contribution in [2.45, 2.75) is 0 Å². The summed E-state index contributed by atoms with van der Waals surface area (Å²) in [5.74, 6) is 0. The topological polar surface area (TPSA) is 61.7 Å². The largest absolute Gasteiger partial charge is 0.844 e. The SMILES string of the molecule is [O-]c1ncncn1. The Kier molecular flexibility index (Phi) is 0.856. The second kappa shape index (κ2) is 1.51. The third kappa shape index (κ3) is 0.819. The van der Waals surface area contributed by atoms with Gasteiger partial charge in [-0.2, -0.15) is 0 Å². The van der Waals surface area contributed by atoms with Crippen LogP contribution in [0.15, 0.2) is 12.7 Å². The molecule has 0 fully saturated rings. The molecule has 1 rings (SSSR count). The molecule has 0 aliphatic rings. The van der Waals surface area contributed by atoms with E-state index in [0.717, 1.165) is 12.7 Å². The molecule has 1 aromatic heterocycles. The van der Waals surface area contributed by atoms with Gasteiger partial charge in [0.15, 0.2) is 0 Å². The smallest absolute Gasteiger partial charge is 0.118 e. The lowest BCUT2D eigenvalue weighted by atomic mass is 11.0. The Morgan fingerprint density at radius 1 is 1.29 bits per heavy atom. The van der Waals surface area contributed by atoms with E-state index in [1.807, 2.05) is 0 Å². The van der Waals surface area contributed by atoms with Crippen LogP contribution in [0, 0.1) is 0 Å². The summed E-state index contributed by atoms with van der Waals surface area (Å²) in [4.78, 5) is 9.83. The lowest BCUT2D eigenvalue weighted by Gasteiger charge is -1.94. The van der Waals surface area contributed by atoms with Crippen LogP contribution in [0.5, 0.6) is 6.01 Å². The highest BCUT2D eigenvalue weighted by Gasteiger charge is 1.68. The monoisotopic (exact) mass is 96.0 g/mol. The van der Waals surface area contributed by atoms with Crippen LogP contribution in [-0.4, -0.2) is 15.0 Å². The first-order valence-electron chi connectivity index (χ1n) is 1.68. The summed E-state index contributed by atoms with van der Waals surface area (Å²) in [6, 6.07) is -0.491. The van der Waals surface area contributed by atoms with E-state index in [4.69, 9.17) is 0 Å². The van der Waals surface area contributed by atoms with Crippen molar-refractivity contribution < 1.29 is 5.11 Å². The van der Waals surface area contributed by atoms with E-state index in [0.29, 0.717) is 0 Å². The predicted molar refractivity (Wildman–Crippen MR) is 19.3 cm³/mol. The van der Waals surface area contributed by atoms with Crippen molar-refractivity contribution in [2.24, 2.45) is 0 Å². The Balaban J connectivity index is 3.02. The number of nitrogens with zero attached hydrogens (tertiary/aromatic N) is 3. The summed E-state index contributed by atoms with van der Waals surface area (Å²) < 4.78 is 0. The fraction of sp³-hybridized carbons (Fsp3) is 0. The highest BCUT2D eigenvalue weighted by atomic mass is 16.3. The van der Waals surface area contributed by atoms with Crippen molar-refractivity contribution in [2.75, 3.05) is 0 Å². The van der Waals surface area contributed by atoms with Gasteiger partial charge in [0.1, 0.15) is 12.7 Å². The van der Waals surface area contributed by atoms with Gasteiger partial charge < -0.3 is 5.11 Å². The molecular formula is C3H2N3O-. The molecule has 0 aliphatic heterocycles. The minimum Gasteiger partial charge on any atom is -0.844 e. The average Bonchev–Trinajstić information content (AvgIpc) is 1.69. The Morgan fingerprint density at radius 3 is 2.14 bits per heavy atom. The zero-order chi connectivity index (χ0) is 5.11. The third-order valence-electron chi connectivity index (χ3n) is 0.470. The van der Waals surface area contributed by atoms with Gasteiger partial charge in [-0.3, -0.25) is 0 Å². The third-order valence-corrected chi connectivity index (χ3v) is 0.470. The van der Waals surface area contributed by atoms with E-state index in [2.05, 4.69) is 15.0 Å². The fourth-order valence-corrected chi connectivity index (χ4v) is 0.229. The molecule has 0 saturated heterocycles. The first-order chi connectivity index (χ1) is 3.39. The van der Waals surface area contributed by atoms with Crippen LogP contribution in [-0.2, 0) is 0 Å². The molecule has 0 aromatic carbocycles. The van der Waals surface area contributed by atoms with E-state index in [-0.39, 0.29) is 0 Å². The maximum Gasteiger partial charge on any atom is 0.118 e. The van der Waals surface area contributed by atoms with Crippen molar-refractivity contribution in [1.29, 1.82) is 0 Å². The van der Waals surface area contributed by atoms with Crippen LogP contribution in [0.3, 0.4) is 0 Å². The zero-order valence-corrected chi connectivity index (χ0v) is 3.40. The van der Waals surface area contributed by atoms with Gasteiger partial charge in [-0.05, 0) is 0 Å². The van der Waals surface area contributed by atoms with E-state index < -0.39 is 6.01 Å². The quantitative estimate of drug-likeness (QED) is 0.413. The summed E-state index contributed by atoms with van der Waals surface area (Å²) in [7, 11) is 0. The molecule has 1 heterocycles. The Bertz CT molecular complexity index is 140. The van der Waals surface area contributed by atoms with E-state index in [1.165, 1.54) is 0 Å². The molecule has 0 aliphatic carbocycles. The molecule has 0 N–H and O–H groups in total. The maximum atomic E-state index is 10.0. The van der Waals surface area contributed by atoms with Gasteiger partial charge in [-0.25, -0.2) is 15.0 Å². The van der Waals surface area contributed by atoms with Gasteiger partial charge in [-0.1, -0.05) is 0 Å². The summed E-state index contributed by atoms with van der Waals surface area (Å²) >= 11 is 0. The Hall–Kier alpha value is -1.19. The summed E-state index contributed by atoms with van der Waals surface area (Å²) in [6.45, 7) is 0. The molecule has 0 unspecified atom stereocenters. The summed E-state index contributed by atoms with van der Waals surface area (Å²) in [5.41, 5.74) is 0. The standard InChI is InChI=1S/C3H3N3O/c7-3-5-1-4-2-6-3/h1-2H,(H,4,5,6,7)/p-1. The minimum absolute atomic E-state index is 0.491. The van der Waals surface area contributed by atoms with Gasteiger partial charge in [0.05, 0.1) is 6.01 Å². The Labute approximate surface area is 39.9 Å². The molecule has 0 amide bonds. The van der Waals surface area contributed by atoms with Crippen molar-refractivity contribution in [3.8, 4) is 6.01 Å². The van der Waals surface area contributed by atoms with E-state index in [1.54, 1.807) is 0 Å². The van der Waals surface area contributed by atoms with Crippen LogP contribution in [0.2, 0.25) is 0 Å². The minimum atomic E-state index is -0.491. The highest BCUT2D eigenvalue weighted by Crippen LogP contribution is 1.80. The van der Waals surface area contributed by atoms with E-state index in [9.17, 15) is 5.11 Å². The predicted octanol–water partition coefficient (Wildman–Crippen LogP) is -1.05. The Morgan fingerprint density at radius 2 is 1.86 bits per heavy atom. The number of rotatable bonds is 0. The zero-order valence-electron chi connectivity index (χ0n) is 3.40. The number of hydrogen-bond donors (Lipinski definition) is 0. The normalized spacial score (nSPS) is 8.57.